The zero-order valence-electron chi connectivity index (χ0n) is 7.44. The summed E-state index contributed by atoms with van der Waals surface area (Å²) in [4.78, 5) is 14.5. The molecule has 6 heteroatoms. The van der Waals surface area contributed by atoms with Crippen molar-refractivity contribution in [3.8, 4) is 0 Å². The van der Waals surface area contributed by atoms with Gasteiger partial charge in [-0.15, -0.1) is 0 Å². The van der Waals surface area contributed by atoms with Crippen molar-refractivity contribution in [2.45, 2.75) is 6.42 Å². The molecule has 0 amide bonds. The van der Waals surface area contributed by atoms with Gasteiger partial charge in [-0.1, -0.05) is 11.6 Å². The lowest BCUT2D eigenvalue weighted by atomic mass is 10.3. The molecule has 0 aromatic carbocycles. The van der Waals surface area contributed by atoms with E-state index in [1.54, 1.807) is 0 Å². The zero-order chi connectivity index (χ0) is 11.0. The van der Waals surface area contributed by atoms with Crippen molar-refractivity contribution in [2.75, 3.05) is 0 Å². The number of halogens is 2. The van der Waals surface area contributed by atoms with Crippen LogP contribution in [0.2, 0.25) is 5.15 Å². The number of carbonyl (C=O) groups is 1. The van der Waals surface area contributed by atoms with Crippen LogP contribution in [0.3, 0.4) is 0 Å². The van der Waals surface area contributed by atoms with Gasteiger partial charge in [0.15, 0.2) is 0 Å². The zero-order valence-corrected chi connectivity index (χ0v) is 8.20. The van der Waals surface area contributed by atoms with Gasteiger partial charge in [0, 0.05) is 6.20 Å². The summed E-state index contributed by atoms with van der Waals surface area (Å²) in [6, 6.07) is 2.68. The molecule has 1 N–H and O–H groups in total. The number of hydrogen-bond acceptors (Lipinski definition) is 2. The van der Waals surface area contributed by atoms with Gasteiger partial charge in [-0.05, 0) is 12.1 Å². The van der Waals surface area contributed by atoms with Crippen molar-refractivity contribution < 1.29 is 14.3 Å². The number of nitrogens with zero attached hydrogens (tertiary/aromatic N) is 2. The predicted octanol–water partition coefficient (Wildman–Crippen LogP) is 1.75. The molecule has 0 fully saturated rings. The van der Waals surface area contributed by atoms with Crippen LogP contribution in [0, 0.1) is 5.82 Å². The minimum Gasteiger partial charge on any atom is -0.481 e. The van der Waals surface area contributed by atoms with Crippen LogP contribution >= 0.6 is 11.6 Å². The number of aromatic nitrogens is 2. The minimum absolute atomic E-state index is 0.131. The van der Waals surface area contributed by atoms with Gasteiger partial charge in [0.05, 0.1) is 12.1 Å². The minimum atomic E-state index is -1.03. The molecule has 0 unspecified atom stereocenters. The summed E-state index contributed by atoms with van der Waals surface area (Å²) >= 11 is 5.84. The average Bonchev–Trinajstić information content (AvgIpc) is 2.44. The number of rotatable bonds is 2. The van der Waals surface area contributed by atoms with Crippen LogP contribution in [-0.2, 0) is 11.2 Å². The first-order valence-electron chi connectivity index (χ1n) is 4.11. The number of carboxylic acids is 1. The van der Waals surface area contributed by atoms with Crippen molar-refractivity contribution in [3.63, 3.8) is 0 Å². The van der Waals surface area contributed by atoms with Gasteiger partial charge < -0.3 is 5.11 Å². The van der Waals surface area contributed by atoms with E-state index in [1.807, 2.05) is 0 Å². The fraction of sp³-hybridized carbons (Fsp3) is 0.111. The molecule has 2 heterocycles. The first-order chi connectivity index (χ1) is 7.08. The van der Waals surface area contributed by atoms with Crippen molar-refractivity contribution in [1.29, 1.82) is 0 Å². The Morgan fingerprint density at radius 1 is 1.60 bits per heavy atom. The summed E-state index contributed by atoms with van der Waals surface area (Å²) in [5.74, 6) is -1.48. The highest BCUT2D eigenvalue weighted by Crippen LogP contribution is 2.19. The lowest BCUT2D eigenvalue weighted by Gasteiger charge is -1.94. The normalized spacial score (nSPS) is 10.8. The molecule has 4 nitrogen and oxygen atoms in total. The van der Waals surface area contributed by atoms with Crippen LogP contribution in [0.25, 0.3) is 5.65 Å². The molecule has 0 saturated heterocycles. The first-order valence-corrected chi connectivity index (χ1v) is 4.49. The molecule has 0 saturated carbocycles. The summed E-state index contributed by atoms with van der Waals surface area (Å²) in [7, 11) is 0. The largest absolute Gasteiger partial charge is 0.481 e. The van der Waals surface area contributed by atoms with E-state index in [1.165, 1.54) is 16.5 Å². The third-order valence-electron chi connectivity index (χ3n) is 1.91. The summed E-state index contributed by atoms with van der Waals surface area (Å²) in [6.07, 6.45) is 0.887. The highest BCUT2D eigenvalue weighted by Gasteiger charge is 2.13. The van der Waals surface area contributed by atoms with Crippen LogP contribution < -0.4 is 0 Å². The van der Waals surface area contributed by atoms with Gasteiger partial charge in [0.25, 0.3) is 0 Å². The Morgan fingerprint density at radius 3 is 3.00 bits per heavy atom. The monoisotopic (exact) mass is 228 g/mol. The lowest BCUT2D eigenvalue weighted by Crippen LogP contribution is -2.00. The lowest BCUT2D eigenvalue weighted by molar-refractivity contribution is -0.136. The Bertz CT molecular complexity index is 538. The number of hydrogen-bond donors (Lipinski definition) is 1. The van der Waals surface area contributed by atoms with Gasteiger partial charge in [0.1, 0.15) is 16.6 Å². The second-order valence-corrected chi connectivity index (χ2v) is 3.35. The third kappa shape index (κ3) is 1.78. The Labute approximate surface area is 88.9 Å². The smallest absolute Gasteiger partial charge is 0.309 e. The molecular weight excluding hydrogens is 223 g/mol. The van der Waals surface area contributed by atoms with E-state index in [-0.39, 0.29) is 17.3 Å². The highest BCUT2D eigenvalue weighted by molar-refractivity contribution is 6.30. The maximum absolute atomic E-state index is 12.9. The van der Waals surface area contributed by atoms with E-state index in [2.05, 4.69) is 4.98 Å². The van der Waals surface area contributed by atoms with E-state index in [0.29, 0.717) is 5.65 Å². The molecule has 2 aromatic rings. The summed E-state index contributed by atoms with van der Waals surface area (Å²) in [5.41, 5.74) is 0.660. The highest BCUT2D eigenvalue weighted by atomic mass is 35.5. The van der Waals surface area contributed by atoms with Crippen LogP contribution in [0.15, 0.2) is 18.3 Å². The van der Waals surface area contributed by atoms with Crippen LogP contribution in [0.1, 0.15) is 5.69 Å². The Morgan fingerprint density at radius 2 is 2.33 bits per heavy atom. The number of pyridine rings is 1. The van der Waals surface area contributed by atoms with Crippen molar-refractivity contribution in [3.05, 3.63) is 35.0 Å². The maximum atomic E-state index is 12.9. The molecule has 15 heavy (non-hydrogen) atoms. The van der Waals surface area contributed by atoms with E-state index in [4.69, 9.17) is 16.7 Å². The van der Waals surface area contributed by atoms with E-state index in [0.717, 1.165) is 6.20 Å². The fourth-order valence-corrected chi connectivity index (χ4v) is 1.54. The maximum Gasteiger partial charge on any atom is 0.309 e. The van der Waals surface area contributed by atoms with Gasteiger partial charge in [-0.2, -0.15) is 0 Å². The van der Waals surface area contributed by atoms with Gasteiger partial charge in [-0.25, -0.2) is 9.37 Å². The number of imidazole rings is 1. The fourth-order valence-electron chi connectivity index (χ4n) is 1.29. The molecule has 0 aliphatic rings. The van der Waals surface area contributed by atoms with Crippen LogP contribution in [0.4, 0.5) is 4.39 Å². The molecule has 0 bridgehead atoms. The molecule has 2 rings (SSSR count). The Hall–Kier alpha value is -1.62. The second kappa shape index (κ2) is 3.51. The molecule has 0 atom stereocenters. The molecule has 78 valence electrons. The number of fused-ring (bicyclic) bond motifs is 1. The average molecular weight is 229 g/mol. The quantitative estimate of drug-likeness (QED) is 0.852. The van der Waals surface area contributed by atoms with Crippen molar-refractivity contribution in [2.24, 2.45) is 0 Å². The predicted molar refractivity (Wildman–Crippen MR) is 51.5 cm³/mol. The molecule has 0 radical (unpaired) electrons. The summed E-state index contributed by atoms with van der Waals surface area (Å²) in [6.45, 7) is 0. The van der Waals surface area contributed by atoms with E-state index >= 15 is 0 Å². The Balaban J connectivity index is 2.59. The van der Waals surface area contributed by atoms with Gasteiger partial charge >= 0.3 is 5.97 Å². The topological polar surface area (TPSA) is 54.6 Å². The van der Waals surface area contributed by atoms with Crippen molar-refractivity contribution >= 4 is 23.2 Å². The van der Waals surface area contributed by atoms with Crippen LogP contribution in [-0.4, -0.2) is 20.5 Å². The SMILES string of the molecule is O=C(O)Cc1nc2ccc(F)cn2c1Cl. The van der Waals surface area contributed by atoms with Gasteiger partial charge in [-0.3, -0.25) is 9.20 Å². The molecule has 0 aliphatic carbocycles. The summed E-state index contributed by atoms with van der Waals surface area (Å²) in [5, 5.41) is 8.72. The summed E-state index contributed by atoms with van der Waals surface area (Å²) < 4.78 is 14.2. The molecule has 0 aliphatic heterocycles. The first kappa shape index (κ1) is 9.92. The van der Waals surface area contributed by atoms with E-state index in [9.17, 15) is 9.18 Å². The number of carboxylic acid groups (broad SMARTS) is 1. The van der Waals surface area contributed by atoms with Crippen LogP contribution in [0.5, 0.6) is 0 Å². The van der Waals surface area contributed by atoms with E-state index < -0.39 is 11.8 Å². The van der Waals surface area contributed by atoms with Crippen molar-refractivity contribution in [1.82, 2.24) is 9.38 Å². The molecular formula is C9H6ClFN2O2. The third-order valence-corrected chi connectivity index (χ3v) is 2.31. The van der Waals surface area contributed by atoms with Gasteiger partial charge in [0.2, 0.25) is 0 Å². The standard InChI is InChI=1S/C9H6ClFN2O2/c10-9-6(3-8(14)15)12-7-2-1-5(11)4-13(7)9/h1-2,4H,3H2,(H,14,15). The number of aliphatic carboxylic acids is 1. The second-order valence-electron chi connectivity index (χ2n) is 3.00. The Kier molecular flexibility index (Phi) is 2.32. The molecule has 2 aromatic heterocycles. The molecule has 0 spiro atoms.